The van der Waals surface area contributed by atoms with Crippen molar-refractivity contribution in [1.29, 1.82) is 0 Å². The fourth-order valence-electron chi connectivity index (χ4n) is 2.42. The maximum absolute atomic E-state index is 9.38. The van der Waals surface area contributed by atoms with E-state index in [2.05, 4.69) is 40.5 Å². The Balaban J connectivity index is 0.000000397. The summed E-state index contributed by atoms with van der Waals surface area (Å²) in [6.07, 6.45) is 0. The third-order valence-electron chi connectivity index (χ3n) is 4.06. The predicted octanol–water partition coefficient (Wildman–Crippen LogP) is -3.14. The zero-order valence-corrected chi connectivity index (χ0v) is 21.1. The van der Waals surface area contributed by atoms with Gasteiger partial charge >= 0.3 is 0 Å². The quantitative estimate of drug-likeness (QED) is 0.105. The number of aryl methyl sites for hydroxylation is 1. The lowest BCUT2D eigenvalue weighted by atomic mass is 10.6. The lowest BCUT2D eigenvalue weighted by molar-refractivity contribution is 0.163. The van der Waals surface area contributed by atoms with Crippen molar-refractivity contribution in [3.63, 3.8) is 0 Å². The molecule has 2 aromatic rings. The number of rotatable bonds is 16. The van der Waals surface area contributed by atoms with Gasteiger partial charge in [0, 0.05) is 21.3 Å². The summed E-state index contributed by atoms with van der Waals surface area (Å²) in [5, 5.41) is 50.5. The summed E-state index contributed by atoms with van der Waals surface area (Å²) in [6, 6.07) is 0. The summed E-state index contributed by atoms with van der Waals surface area (Å²) in [5.74, 6) is 1.34. The van der Waals surface area contributed by atoms with Gasteiger partial charge in [0.05, 0.1) is 0 Å². The Morgan fingerprint density at radius 1 is 0.595 bits per heavy atom. The zero-order valence-electron chi connectivity index (χ0n) is 21.1. The van der Waals surface area contributed by atoms with Gasteiger partial charge in [-0.3, -0.25) is 14.7 Å². The molecule has 0 spiro atoms. The third kappa shape index (κ3) is 10.7. The molecule has 37 heavy (non-hydrogen) atoms. The minimum Gasteiger partial charge on any atom is -0.376 e. The molecule has 2 aromatic heterocycles. The van der Waals surface area contributed by atoms with Crippen molar-refractivity contribution in [3.05, 3.63) is 5.82 Å². The number of hydrogen-bond donors (Lipinski definition) is 7. The molecule has 0 unspecified atom stereocenters. The second-order valence-corrected chi connectivity index (χ2v) is 6.73. The van der Waals surface area contributed by atoms with Crippen molar-refractivity contribution in [1.82, 2.24) is 29.9 Å². The van der Waals surface area contributed by atoms with Gasteiger partial charge in [0.15, 0.2) is 0 Å². The van der Waals surface area contributed by atoms with E-state index in [1.165, 1.54) is 31.1 Å². The summed E-state index contributed by atoms with van der Waals surface area (Å²) in [5.41, 5.74) is 0. The molecular weight excluding hydrogens is 498 g/mol. The molecule has 0 saturated carbocycles. The molecule has 210 valence electrons. The van der Waals surface area contributed by atoms with E-state index in [0.29, 0.717) is 5.82 Å². The van der Waals surface area contributed by atoms with Crippen LogP contribution in [0, 0.1) is 6.92 Å². The Bertz CT molecular complexity index is 864. The van der Waals surface area contributed by atoms with Crippen molar-refractivity contribution >= 4 is 29.7 Å². The number of nitrogens with zero attached hydrogens (tertiary/aromatic N) is 9. The molecule has 0 bridgehead atoms. The summed E-state index contributed by atoms with van der Waals surface area (Å²) in [4.78, 5) is 28.1. The van der Waals surface area contributed by atoms with Gasteiger partial charge in [-0.15, -0.1) is 0 Å². The van der Waals surface area contributed by atoms with E-state index in [9.17, 15) is 10.2 Å². The summed E-state index contributed by atoms with van der Waals surface area (Å²) in [7, 11) is 4.49. The lowest BCUT2D eigenvalue weighted by Crippen LogP contribution is -2.32. The molecular formula is C18H35N11O8. The molecule has 19 nitrogen and oxygen atoms in total. The van der Waals surface area contributed by atoms with Crippen molar-refractivity contribution in [2.75, 3.05) is 101 Å². The van der Waals surface area contributed by atoms with Gasteiger partial charge < -0.3 is 50.4 Å². The lowest BCUT2D eigenvalue weighted by Gasteiger charge is -2.23. The van der Waals surface area contributed by atoms with E-state index < -0.39 is 13.5 Å². The van der Waals surface area contributed by atoms with E-state index in [1.807, 2.05) is 0 Å². The predicted molar refractivity (Wildman–Crippen MR) is 130 cm³/mol. The molecule has 0 aliphatic heterocycles. The molecule has 0 radical (unpaired) electrons. The van der Waals surface area contributed by atoms with Crippen LogP contribution in [0.25, 0.3) is 0 Å². The first kappa shape index (κ1) is 31.7. The third-order valence-corrected chi connectivity index (χ3v) is 4.06. The Morgan fingerprint density at radius 2 is 1.05 bits per heavy atom. The minimum atomic E-state index is -0.404. The first-order valence-corrected chi connectivity index (χ1v) is 10.6. The zero-order chi connectivity index (χ0) is 27.6. The number of aromatic nitrogens is 6. The molecule has 0 fully saturated rings. The van der Waals surface area contributed by atoms with Crippen LogP contribution in [0.1, 0.15) is 5.82 Å². The summed E-state index contributed by atoms with van der Waals surface area (Å²) in [6.45, 7) is 0.212. The second-order valence-electron chi connectivity index (χ2n) is 6.73. The molecule has 2 heterocycles. The highest BCUT2D eigenvalue weighted by Gasteiger charge is 2.16. The van der Waals surface area contributed by atoms with Gasteiger partial charge in [0.2, 0.25) is 29.7 Å². The largest absolute Gasteiger partial charge is 0.376 e. The van der Waals surface area contributed by atoms with Crippen LogP contribution in [0.3, 0.4) is 0 Å². The van der Waals surface area contributed by atoms with Crippen molar-refractivity contribution in [2.24, 2.45) is 0 Å². The van der Waals surface area contributed by atoms with Crippen molar-refractivity contribution < 1.29 is 39.7 Å². The Labute approximate surface area is 213 Å². The molecule has 0 aromatic carbocycles. The SMILES string of the molecule is COCNc1nc(N(CO)COC)nc(N(CO)COC)n1.Cc1nc(NCO)nc(N(CO)CO)n1. The van der Waals surface area contributed by atoms with E-state index in [-0.39, 0.29) is 70.1 Å². The molecule has 0 amide bonds. The highest BCUT2D eigenvalue weighted by molar-refractivity contribution is 5.44. The number of anilines is 5. The van der Waals surface area contributed by atoms with Gasteiger partial charge in [0.25, 0.3) is 0 Å². The number of nitrogens with one attached hydrogen (secondary N) is 2. The van der Waals surface area contributed by atoms with Gasteiger partial charge in [-0.25, -0.2) is 0 Å². The first-order chi connectivity index (χ1) is 17.9. The molecule has 0 saturated heterocycles. The number of aliphatic hydroxyl groups excluding tert-OH is 5. The molecule has 19 heteroatoms. The van der Waals surface area contributed by atoms with Crippen LogP contribution in [0.4, 0.5) is 29.7 Å². The highest BCUT2D eigenvalue weighted by atomic mass is 16.5. The van der Waals surface area contributed by atoms with E-state index in [0.717, 1.165) is 4.90 Å². The average Bonchev–Trinajstić information content (AvgIpc) is 2.90. The fourth-order valence-corrected chi connectivity index (χ4v) is 2.42. The van der Waals surface area contributed by atoms with E-state index >= 15 is 0 Å². The van der Waals surface area contributed by atoms with E-state index in [4.69, 9.17) is 29.5 Å². The van der Waals surface area contributed by atoms with E-state index in [1.54, 1.807) is 6.92 Å². The van der Waals surface area contributed by atoms with Crippen LogP contribution in [-0.4, -0.2) is 131 Å². The normalized spacial score (nSPS) is 10.4. The molecule has 0 atom stereocenters. The highest BCUT2D eigenvalue weighted by Crippen LogP contribution is 2.16. The molecule has 0 aliphatic rings. The number of ether oxygens (including phenoxy) is 3. The second kappa shape index (κ2) is 18.0. The van der Waals surface area contributed by atoms with Gasteiger partial charge in [-0.05, 0) is 6.92 Å². The smallest absolute Gasteiger partial charge is 0.235 e. The number of aliphatic hydroxyl groups is 5. The standard InChI is InChI=1S/C11H22N6O5.C7H13N5O3/c1-20-4-12-9-13-10(16(5-18)7-21-2)15-11(14-9)17(6-19)8-22-3;1-5-9-6(8-2-13)11-7(10-5)12(3-14)4-15/h18-19H,4-8H2,1-3H3,(H,12,13,14,15);13-15H,2-4H2,1H3,(H,8,9,10,11). The maximum atomic E-state index is 9.38. The topological polar surface area (TPSA) is 240 Å². The van der Waals surface area contributed by atoms with Gasteiger partial charge in [-0.1, -0.05) is 0 Å². The molecule has 7 N–H and O–H groups in total. The van der Waals surface area contributed by atoms with Crippen LogP contribution < -0.4 is 25.3 Å². The first-order valence-electron chi connectivity index (χ1n) is 10.6. The fraction of sp³-hybridized carbons (Fsp3) is 0.667. The Kier molecular flexibility index (Phi) is 15.5. The minimum absolute atomic E-state index is 0.0904. The van der Waals surface area contributed by atoms with Crippen LogP contribution in [0.15, 0.2) is 0 Å². The monoisotopic (exact) mass is 533 g/mol. The van der Waals surface area contributed by atoms with Crippen LogP contribution in [0.2, 0.25) is 0 Å². The van der Waals surface area contributed by atoms with Crippen molar-refractivity contribution in [2.45, 2.75) is 6.92 Å². The number of hydrogen-bond acceptors (Lipinski definition) is 19. The Morgan fingerprint density at radius 3 is 1.46 bits per heavy atom. The Hall–Kier alpha value is -3.30. The molecule has 2 rings (SSSR count). The van der Waals surface area contributed by atoms with Crippen LogP contribution in [-0.2, 0) is 14.2 Å². The number of methoxy groups -OCH3 is 3. The van der Waals surface area contributed by atoms with Gasteiger partial charge in [-0.2, -0.15) is 29.9 Å². The summed E-state index contributed by atoms with van der Waals surface area (Å²) >= 11 is 0. The summed E-state index contributed by atoms with van der Waals surface area (Å²) < 4.78 is 14.9. The van der Waals surface area contributed by atoms with Gasteiger partial charge in [0.1, 0.15) is 59.7 Å². The maximum Gasteiger partial charge on any atom is 0.235 e. The van der Waals surface area contributed by atoms with Crippen LogP contribution in [0.5, 0.6) is 0 Å². The van der Waals surface area contributed by atoms with Crippen LogP contribution >= 0.6 is 0 Å². The molecule has 0 aliphatic carbocycles. The van der Waals surface area contributed by atoms with Crippen molar-refractivity contribution in [3.8, 4) is 0 Å². The average molecular weight is 534 g/mol.